The molecule has 0 atom stereocenters. The molecule has 4 aromatic rings. The lowest BCUT2D eigenvalue weighted by atomic mass is 10.0. The van der Waals surface area contributed by atoms with Crippen LogP contribution < -0.4 is 10.1 Å². The lowest BCUT2D eigenvalue weighted by Crippen LogP contribution is -2.27. The zero-order chi connectivity index (χ0) is 27.2. The van der Waals surface area contributed by atoms with Crippen LogP contribution in [0.25, 0.3) is 15.3 Å². The molecule has 0 fully saturated rings. The van der Waals surface area contributed by atoms with Crippen molar-refractivity contribution >= 4 is 27.6 Å². The molecule has 2 heterocycles. The maximum absolute atomic E-state index is 13.8. The number of ether oxygens (including phenoxy) is 1. The first-order valence-corrected chi connectivity index (χ1v) is 10.7. The number of halogens is 9. The van der Waals surface area contributed by atoms with Crippen LogP contribution in [0.4, 0.5) is 44.3 Å². The van der Waals surface area contributed by atoms with Crippen LogP contribution in [0.2, 0.25) is 0 Å². The van der Waals surface area contributed by atoms with Crippen molar-refractivity contribution in [3.8, 4) is 10.9 Å². The van der Waals surface area contributed by atoms with Crippen molar-refractivity contribution in [3.63, 3.8) is 0 Å². The minimum Gasteiger partial charge on any atom is -0.406 e. The number of nitrogens with one attached hydrogen (secondary N) is 1. The van der Waals surface area contributed by atoms with Gasteiger partial charge in [-0.2, -0.15) is 49.3 Å². The number of thiazole rings is 1. The summed E-state index contributed by atoms with van der Waals surface area (Å²) >= 11 is 0.876. The Labute approximate surface area is 204 Å². The van der Waals surface area contributed by atoms with Gasteiger partial charge in [0.1, 0.15) is 0 Å². The maximum Gasteiger partial charge on any atom is 0.437 e. The molecule has 0 saturated heterocycles. The third-order valence-electron chi connectivity index (χ3n) is 4.75. The second kappa shape index (κ2) is 9.24. The predicted molar refractivity (Wildman–Crippen MR) is 111 cm³/mol. The number of rotatable bonds is 4. The van der Waals surface area contributed by atoms with Crippen LogP contribution in [0.15, 0.2) is 48.7 Å². The zero-order valence-electron chi connectivity index (χ0n) is 17.8. The molecule has 2 aromatic heterocycles. The van der Waals surface area contributed by atoms with Crippen LogP contribution in [-0.2, 0) is 25.1 Å². The van der Waals surface area contributed by atoms with Crippen LogP contribution in [-0.4, -0.2) is 20.9 Å². The fraction of sp³-hybridized carbons (Fsp3) is 0.190. The monoisotopic (exact) mass is 554 g/mol. The van der Waals surface area contributed by atoms with E-state index >= 15 is 0 Å². The van der Waals surface area contributed by atoms with E-state index in [-0.39, 0.29) is 11.2 Å². The van der Waals surface area contributed by atoms with Crippen LogP contribution >= 0.6 is 11.3 Å². The van der Waals surface area contributed by atoms with E-state index in [0.717, 1.165) is 11.3 Å². The predicted octanol–water partition coefficient (Wildman–Crippen LogP) is 6.83. The number of alkyl halides is 9. The number of amides is 1. The van der Waals surface area contributed by atoms with Crippen molar-refractivity contribution in [1.29, 1.82) is 0 Å². The van der Waals surface area contributed by atoms with Gasteiger partial charge >= 0.3 is 24.6 Å². The van der Waals surface area contributed by atoms with Gasteiger partial charge in [-0.3, -0.25) is 0 Å². The van der Waals surface area contributed by atoms with E-state index in [0.29, 0.717) is 33.2 Å². The lowest BCUT2D eigenvalue weighted by molar-refractivity contribution is -0.144. The minimum absolute atomic E-state index is 0.103. The molecule has 6 nitrogen and oxygen atoms in total. The van der Waals surface area contributed by atoms with Crippen LogP contribution in [0.1, 0.15) is 22.4 Å². The van der Waals surface area contributed by atoms with E-state index in [1.807, 2.05) is 5.32 Å². The number of para-hydroxylation sites is 1. The number of carbonyl (C=O) groups is 1. The van der Waals surface area contributed by atoms with Gasteiger partial charge in [0.05, 0.1) is 27.5 Å². The standard InChI is InChI=1S/C21H11F9N4O2S/c22-19(23,24)11-5-10(6-12(7-11)20(25,26)27)8-31-18(35)36-14-9-32-34(16(14)21(28,29)30)17-33-13-3-1-2-4-15(13)37-17/h1-7,9H,8H2,(H,31,35). The Bertz CT molecular complexity index is 1390. The van der Waals surface area contributed by atoms with Gasteiger partial charge in [0, 0.05) is 6.54 Å². The average Bonchev–Trinajstić information content (AvgIpc) is 3.40. The number of carbonyl (C=O) groups excluding carboxylic acids is 1. The van der Waals surface area contributed by atoms with Crippen LogP contribution in [0.3, 0.4) is 0 Å². The molecular formula is C21H11F9N4O2S. The van der Waals surface area contributed by atoms with Gasteiger partial charge in [-0.15, -0.1) is 0 Å². The van der Waals surface area contributed by atoms with E-state index in [2.05, 4.69) is 14.8 Å². The SMILES string of the molecule is O=C(NCc1cc(C(F)(F)F)cc(C(F)(F)F)c1)Oc1cnn(-c2nc3ccccc3s2)c1C(F)(F)F. The molecule has 16 heteroatoms. The first kappa shape index (κ1) is 26.2. The zero-order valence-corrected chi connectivity index (χ0v) is 18.6. The smallest absolute Gasteiger partial charge is 0.406 e. The number of benzene rings is 2. The fourth-order valence-corrected chi connectivity index (χ4v) is 4.13. The molecule has 37 heavy (non-hydrogen) atoms. The molecule has 2 aromatic carbocycles. The maximum atomic E-state index is 13.8. The molecule has 1 N–H and O–H groups in total. The van der Waals surface area contributed by atoms with Crippen molar-refractivity contribution in [2.24, 2.45) is 0 Å². The Balaban J connectivity index is 1.57. The third kappa shape index (κ3) is 5.79. The molecule has 0 aliphatic rings. The van der Waals surface area contributed by atoms with Gasteiger partial charge in [-0.05, 0) is 35.9 Å². The van der Waals surface area contributed by atoms with E-state index < -0.39 is 59.3 Å². The quantitative estimate of drug-likeness (QED) is 0.281. The Morgan fingerprint density at radius 3 is 2.11 bits per heavy atom. The van der Waals surface area contributed by atoms with E-state index in [9.17, 15) is 44.3 Å². The molecule has 1 amide bonds. The summed E-state index contributed by atoms with van der Waals surface area (Å²) in [5, 5.41) is 5.24. The number of aromatic nitrogens is 3. The molecule has 196 valence electrons. The Morgan fingerprint density at radius 1 is 0.919 bits per heavy atom. The van der Waals surface area contributed by atoms with Gasteiger partial charge in [0.25, 0.3) is 0 Å². The van der Waals surface area contributed by atoms with Gasteiger partial charge in [-0.25, -0.2) is 9.78 Å². The summed E-state index contributed by atoms with van der Waals surface area (Å²) < 4.78 is 125. The number of fused-ring (bicyclic) bond motifs is 1. The first-order valence-electron chi connectivity index (χ1n) is 9.88. The summed E-state index contributed by atoms with van der Waals surface area (Å²) in [5.74, 6) is -1.05. The molecule has 0 saturated carbocycles. The van der Waals surface area contributed by atoms with Gasteiger partial charge in [-0.1, -0.05) is 23.5 Å². The highest BCUT2D eigenvalue weighted by atomic mass is 32.1. The average molecular weight is 554 g/mol. The number of nitrogens with zero attached hydrogens (tertiary/aromatic N) is 3. The second-order valence-corrected chi connectivity index (χ2v) is 8.40. The fourth-order valence-electron chi connectivity index (χ4n) is 3.20. The van der Waals surface area contributed by atoms with Gasteiger partial charge in [0.2, 0.25) is 5.13 Å². The highest BCUT2D eigenvalue weighted by molar-refractivity contribution is 7.20. The Hall–Kier alpha value is -3.82. The summed E-state index contributed by atoms with van der Waals surface area (Å²) in [5.41, 5.74) is -4.96. The Kier molecular flexibility index (Phi) is 6.56. The second-order valence-electron chi connectivity index (χ2n) is 7.39. The van der Waals surface area contributed by atoms with Crippen molar-refractivity contribution < 1.29 is 49.0 Å². The largest absolute Gasteiger partial charge is 0.437 e. The van der Waals surface area contributed by atoms with Gasteiger partial charge in [0.15, 0.2) is 11.4 Å². The lowest BCUT2D eigenvalue weighted by Gasteiger charge is -2.15. The molecule has 0 aliphatic heterocycles. The molecule has 0 spiro atoms. The van der Waals surface area contributed by atoms with Crippen LogP contribution in [0.5, 0.6) is 5.75 Å². The topological polar surface area (TPSA) is 69.0 Å². The van der Waals surface area contributed by atoms with Gasteiger partial charge < -0.3 is 10.1 Å². The van der Waals surface area contributed by atoms with Crippen molar-refractivity contribution in [1.82, 2.24) is 20.1 Å². The van der Waals surface area contributed by atoms with E-state index in [1.165, 1.54) is 0 Å². The highest BCUT2D eigenvalue weighted by Crippen LogP contribution is 2.39. The van der Waals surface area contributed by atoms with E-state index in [4.69, 9.17) is 0 Å². The minimum atomic E-state index is -5.12. The molecular weight excluding hydrogens is 543 g/mol. The summed E-state index contributed by atoms with van der Waals surface area (Å²) in [6.07, 6.45) is -16.3. The van der Waals surface area contributed by atoms with Crippen molar-refractivity contribution in [3.05, 3.63) is 71.0 Å². The molecule has 0 unspecified atom stereocenters. The van der Waals surface area contributed by atoms with Crippen molar-refractivity contribution in [2.45, 2.75) is 25.1 Å². The molecule has 0 radical (unpaired) electrons. The molecule has 4 rings (SSSR count). The highest BCUT2D eigenvalue weighted by Gasteiger charge is 2.41. The van der Waals surface area contributed by atoms with Crippen LogP contribution in [0, 0.1) is 0 Å². The first-order chi connectivity index (χ1) is 17.1. The molecule has 0 aliphatic carbocycles. The number of hydrogen-bond acceptors (Lipinski definition) is 5. The normalized spacial score (nSPS) is 12.7. The summed E-state index contributed by atoms with van der Waals surface area (Å²) in [4.78, 5) is 16.2. The summed E-state index contributed by atoms with van der Waals surface area (Å²) in [7, 11) is 0. The Morgan fingerprint density at radius 2 is 1.54 bits per heavy atom. The van der Waals surface area contributed by atoms with Crippen molar-refractivity contribution in [2.75, 3.05) is 0 Å². The summed E-state index contributed by atoms with van der Waals surface area (Å²) in [6, 6.07) is 7.09. The van der Waals surface area contributed by atoms with E-state index in [1.54, 1.807) is 24.3 Å². The third-order valence-corrected chi connectivity index (χ3v) is 5.77. The molecule has 0 bridgehead atoms. The summed E-state index contributed by atoms with van der Waals surface area (Å²) in [6.45, 7) is -0.904. The number of hydrogen-bond donors (Lipinski definition) is 1.